The summed E-state index contributed by atoms with van der Waals surface area (Å²) < 4.78 is 5.30. The van der Waals surface area contributed by atoms with Gasteiger partial charge in [-0.05, 0) is 20.3 Å². The van der Waals surface area contributed by atoms with Crippen molar-refractivity contribution in [1.82, 2.24) is 15.2 Å². The van der Waals surface area contributed by atoms with Crippen LogP contribution >= 0.6 is 11.3 Å². The number of nitrogens with zero attached hydrogens (tertiary/aromatic N) is 3. The van der Waals surface area contributed by atoms with Crippen LogP contribution in [0.5, 0.6) is 0 Å². The maximum Gasteiger partial charge on any atom is 0.193 e. The molecule has 146 valence electrons. The van der Waals surface area contributed by atoms with E-state index >= 15 is 0 Å². The molecular formula is C21H30N4OS. The third-order valence-corrected chi connectivity index (χ3v) is 5.74. The molecule has 1 aromatic heterocycles. The molecule has 1 N–H and O–H groups in total. The first-order valence-electron chi connectivity index (χ1n) is 9.73. The van der Waals surface area contributed by atoms with Gasteiger partial charge < -0.3 is 15.0 Å². The zero-order valence-corrected chi connectivity index (χ0v) is 17.4. The van der Waals surface area contributed by atoms with Crippen LogP contribution < -0.4 is 5.32 Å². The van der Waals surface area contributed by atoms with E-state index < -0.39 is 0 Å². The molecule has 5 nitrogen and oxygen atoms in total. The van der Waals surface area contributed by atoms with Gasteiger partial charge in [0.1, 0.15) is 5.01 Å². The average Bonchev–Trinajstić information content (AvgIpc) is 3.32. The molecule has 3 rings (SSSR count). The molecule has 0 amide bonds. The molecule has 0 saturated carbocycles. The third-order valence-electron chi connectivity index (χ3n) is 4.80. The highest BCUT2D eigenvalue weighted by Crippen LogP contribution is 2.24. The monoisotopic (exact) mass is 386 g/mol. The molecular weight excluding hydrogens is 356 g/mol. The van der Waals surface area contributed by atoms with Gasteiger partial charge in [-0.15, -0.1) is 11.3 Å². The Bertz CT molecular complexity index is 741. The van der Waals surface area contributed by atoms with E-state index in [0.717, 1.165) is 55.9 Å². The van der Waals surface area contributed by atoms with Gasteiger partial charge in [0, 0.05) is 56.6 Å². The quantitative estimate of drug-likeness (QED) is 0.584. The first-order chi connectivity index (χ1) is 13.2. The number of benzene rings is 1. The first-order valence-corrected chi connectivity index (χ1v) is 10.6. The number of thiazole rings is 1. The largest absolute Gasteiger partial charge is 0.384 e. The highest BCUT2D eigenvalue weighted by Gasteiger charge is 2.24. The zero-order chi connectivity index (χ0) is 19.1. The Kier molecular flexibility index (Phi) is 7.24. The van der Waals surface area contributed by atoms with E-state index in [1.807, 2.05) is 0 Å². The number of hydrogen-bond acceptors (Lipinski definition) is 4. The molecule has 1 saturated heterocycles. The number of rotatable bonds is 7. The SMILES string of the molecule is CCNC(=NCCc1csc(-c2ccc(C)cc2)n1)N1CCC(COC)C1. The van der Waals surface area contributed by atoms with Gasteiger partial charge in [-0.3, -0.25) is 4.99 Å². The maximum absolute atomic E-state index is 5.30. The van der Waals surface area contributed by atoms with Gasteiger partial charge in [-0.25, -0.2) is 4.98 Å². The van der Waals surface area contributed by atoms with E-state index in [1.54, 1.807) is 18.4 Å². The van der Waals surface area contributed by atoms with Gasteiger partial charge in [0.25, 0.3) is 0 Å². The number of aryl methyl sites for hydroxylation is 1. The molecule has 1 fully saturated rings. The Morgan fingerprint density at radius 2 is 2.19 bits per heavy atom. The van der Waals surface area contributed by atoms with Crippen molar-refractivity contribution in [3.05, 3.63) is 40.9 Å². The van der Waals surface area contributed by atoms with E-state index in [4.69, 9.17) is 14.7 Å². The number of guanidine groups is 1. The van der Waals surface area contributed by atoms with Crippen molar-refractivity contribution in [2.45, 2.75) is 26.7 Å². The van der Waals surface area contributed by atoms with Crippen molar-refractivity contribution in [3.63, 3.8) is 0 Å². The smallest absolute Gasteiger partial charge is 0.193 e. The lowest BCUT2D eigenvalue weighted by atomic mass is 10.1. The Balaban J connectivity index is 1.57. The van der Waals surface area contributed by atoms with Crippen molar-refractivity contribution in [2.24, 2.45) is 10.9 Å². The molecule has 1 atom stereocenters. The zero-order valence-electron chi connectivity index (χ0n) is 16.6. The van der Waals surface area contributed by atoms with Gasteiger partial charge >= 0.3 is 0 Å². The van der Waals surface area contributed by atoms with Gasteiger partial charge in [-0.1, -0.05) is 29.8 Å². The summed E-state index contributed by atoms with van der Waals surface area (Å²) in [5.74, 6) is 1.62. The molecule has 0 bridgehead atoms. The molecule has 6 heteroatoms. The van der Waals surface area contributed by atoms with E-state index in [0.29, 0.717) is 5.92 Å². The molecule has 1 unspecified atom stereocenters. The Labute approximate surface area is 166 Å². The molecule has 1 aliphatic rings. The summed E-state index contributed by atoms with van der Waals surface area (Å²) in [4.78, 5) is 12.0. The summed E-state index contributed by atoms with van der Waals surface area (Å²) in [5, 5.41) is 6.67. The van der Waals surface area contributed by atoms with Crippen LogP contribution in [-0.2, 0) is 11.2 Å². The third kappa shape index (κ3) is 5.53. The Morgan fingerprint density at radius 1 is 1.37 bits per heavy atom. The van der Waals surface area contributed by atoms with Crippen molar-refractivity contribution in [2.75, 3.05) is 39.9 Å². The minimum absolute atomic E-state index is 0.606. The number of aromatic nitrogens is 1. The fraction of sp³-hybridized carbons (Fsp3) is 0.524. The molecule has 27 heavy (non-hydrogen) atoms. The van der Waals surface area contributed by atoms with Crippen LogP contribution in [0.4, 0.5) is 0 Å². The Morgan fingerprint density at radius 3 is 2.93 bits per heavy atom. The second kappa shape index (κ2) is 9.85. The molecule has 1 aliphatic heterocycles. The summed E-state index contributed by atoms with van der Waals surface area (Å²) in [5.41, 5.74) is 3.58. The highest BCUT2D eigenvalue weighted by atomic mass is 32.1. The van der Waals surface area contributed by atoms with Crippen LogP contribution in [0.3, 0.4) is 0 Å². The lowest BCUT2D eigenvalue weighted by molar-refractivity contribution is 0.157. The number of likely N-dealkylation sites (tertiary alicyclic amines) is 1. The van der Waals surface area contributed by atoms with Crippen molar-refractivity contribution >= 4 is 17.3 Å². The lowest BCUT2D eigenvalue weighted by Gasteiger charge is -2.21. The minimum Gasteiger partial charge on any atom is -0.384 e. The number of nitrogens with one attached hydrogen (secondary N) is 1. The number of aliphatic imine (C=N–C) groups is 1. The van der Waals surface area contributed by atoms with E-state index in [1.165, 1.54) is 17.5 Å². The summed E-state index contributed by atoms with van der Waals surface area (Å²) in [6.45, 7) is 8.77. The van der Waals surface area contributed by atoms with Gasteiger partial charge in [0.15, 0.2) is 5.96 Å². The second-order valence-electron chi connectivity index (χ2n) is 7.05. The minimum atomic E-state index is 0.606. The molecule has 2 heterocycles. The van der Waals surface area contributed by atoms with Crippen molar-refractivity contribution < 1.29 is 4.74 Å². The fourth-order valence-corrected chi connectivity index (χ4v) is 4.21. The normalized spacial score (nSPS) is 17.5. The lowest BCUT2D eigenvalue weighted by Crippen LogP contribution is -2.40. The average molecular weight is 387 g/mol. The van der Waals surface area contributed by atoms with Gasteiger partial charge in [-0.2, -0.15) is 0 Å². The summed E-state index contributed by atoms with van der Waals surface area (Å²) in [6.07, 6.45) is 2.04. The summed E-state index contributed by atoms with van der Waals surface area (Å²) in [6, 6.07) is 8.55. The summed E-state index contributed by atoms with van der Waals surface area (Å²) >= 11 is 1.71. The van der Waals surface area contributed by atoms with E-state index in [-0.39, 0.29) is 0 Å². The van der Waals surface area contributed by atoms with Crippen LogP contribution in [-0.4, -0.2) is 55.7 Å². The van der Waals surface area contributed by atoms with Gasteiger partial charge in [0.05, 0.1) is 12.3 Å². The van der Waals surface area contributed by atoms with Crippen molar-refractivity contribution in [3.8, 4) is 10.6 Å². The van der Waals surface area contributed by atoms with Crippen LogP contribution in [0.1, 0.15) is 24.6 Å². The fourth-order valence-electron chi connectivity index (χ4n) is 3.35. The van der Waals surface area contributed by atoms with Crippen LogP contribution in [0.25, 0.3) is 10.6 Å². The van der Waals surface area contributed by atoms with Crippen molar-refractivity contribution in [1.29, 1.82) is 0 Å². The molecule has 0 aliphatic carbocycles. The number of ether oxygens (including phenoxy) is 1. The highest BCUT2D eigenvalue weighted by molar-refractivity contribution is 7.13. The topological polar surface area (TPSA) is 49.8 Å². The maximum atomic E-state index is 5.30. The molecule has 2 aromatic rings. The molecule has 0 spiro atoms. The second-order valence-corrected chi connectivity index (χ2v) is 7.91. The molecule has 1 aromatic carbocycles. The van der Waals surface area contributed by atoms with Crippen LogP contribution in [0.15, 0.2) is 34.6 Å². The predicted molar refractivity (Wildman–Crippen MR) is 114 cm³/mol. The van der Waals surface area contributed by atoms with Crippen LogP contribution in [0, 0.1) is 12.8 Å². The number of hydrogen-bond donors (Lipinski definition) is 1. The van der Waals surface area contributed by atoms with E-state index in [2.05, 4.69) is 53.7 Å². The number of methoxy groups -OCH3 is 1. The first kappa shape index (κ1) is 19.8. The predicted octanol–water partition coefficient (Wildman–Crippen LogP) is 3.59. The standard InChI is InChI=1S/C21H30N4OS/c1-4-22-21(25-12-10-17(13-25)14-26-3)23-11-9-19-15-27-20(24-19)18-7-5-16(2)6-8-18/h5-8,15,17H,4,9-14H2,1-3H3,(H,22,23). The Hall–Kier alpha value is -1.92. The van der Waals surface area contributed by atoms with Crippen LogP contribution in [0.2, 0.25) is 0 Å². The van der Waals surface area contributed by atoms with Gasteiger partial charge in [0.2, 0.25) is 0 Å². The van der Waals surface area contributed by atoms with E-state index in [9.17, 15) is 0 Å². The molecule has 0 radical (unpaired) electrons. The summed E-state index contributed by atoms with van der Waals surface area (Å²) in [7, 11) is 1.78.